The molecule has 1 aromatic rings. The van der Waals surface area contributed by atoms with E-state index < -0.39 is 33.4 Å². The molecule has 0 atom stereocenters. The Labute approximate surface area is 147 Å². The van der Waals surface area contributed by atoms with E-state index >= 15 is 0 Å². The highest BCUT2D eigenvalue weighted by Crippen LogP contribution is 2.26. The van der Waals surface area contributed by atoms with Gasteiger partial charge < -0.3 is 10.1 Å². The molecule has 0 spiro atoms. The summed E-state index contributed by atoms with van der Waals surface area (Å²) in [6, 6.07) is 4.42. The molecule has 1 N–H and O–H groups in total. The molecule has 1 aliphatic carbocycles. The van der Waals surface area contributed by atoms with Gasteiger partial charge in [-0.3, -0.25) is 4.79 Å². The first-order chi connectivity index (χ1) is 11.3. The van der Waals surface area contributed by atoms with Gasteiger partial charge in [0.2, 0.25) is 5.91 Å². The molecule has 9 heteroatoms. The van der Waals surface area contributed by atoms with E-state index in [0.717, 1.165) is 12.8 Å². The van der Waals surface area contributed by atoms with Gasteiger partial charge in [-0.2, -0.15) is 8.78 Å². The molecule has 0 saturated heterocycles. The van der Waals surface area contributed by atoms with E-state index in [9.17, 15) is 22.0 Å². The molecule has 134 valence electrons. The van der Waals surface area contributed by atoms with Gasteiger partial charge in [0.15, 0.2) is 9.84 Å². The minimum Gasteiger partial charge on any atom is -0.434 e. The smallest absolute Gasteiger partial charge is 0.387 e. The minimum absolute atomic E-state index is 0.0628. The largest absolute Gasteiger partial charge is 0.434 e. The average molecular weight is 426 g/mol. The zero-order chi connectivity index (χ0) is 17.7. The summed E-state index contributed by atoms with van der Waals surface area (Å²) in [6.45, 7) is -3.08. The Bertz CT molecular complexity index is 691. The number of amides is 1. The van der Waals surface area contributed by atoms with Crippen molar-refractivity contribution in [2.45, 2.75) is 44.1 Å². The number of alkyl halides is 2. The second-order valence-electron chi connectivity index (χ2n) is 5.62. The van der Waals surface area contributed by atoms with Crippen molar-refractivity contribution in [1.29, 1.82) is 0 Å². The third-order valence-electron chi connectivity index (χ3n) is 3.86. The van der Waals surface area contributed by atoms with Crippen LogP contribution in [-0.4, -0.2) is 31.9 Å². The number of carbonyl (C=O) groups is 1. The summed E-state index contributed by atoms with van der Waals surface area (Å²) in [5.74, 6) is -1.30. The molecule has 1 aliphatic rings. The molecule has 1 aromatic carbocycles. The molecule has 0 aromatic heterocycles. The predicted octanol–water partition coefficient (Wildman–Crippen LogP) is 3.02. The molecule has 0 aliphatic heterocycles. The van der Waals surface area contributed by atoms with E-state index in [1.165, 1.54) is 18.2 Å². The number of carbonyl (C=O) groups excluding carboxylic acids is 1. The maximum Gasteiger partial charge on any atom is 0.387 e. The van der Waals surface area contributed by atoms with Gasteiger partial charge in [0, 0.05) is 16.6 Å². The molecule has 1 amide bonds. The van der Waals surface area contributed by atoms with Crippen LogP contribution in [0.25, 0.3) is 0 Å². The quantitative estimate of drug-likeness (QED) is 0.728. The third kappa shape index (κ3) is 5.41. The number of benzene rings is 1. The predicted molar refractivity (Wildman–Crippen MR) is 88.7 cm³/mol. The first-order valence-corrected chi connectivity index (χ1v) is 10.0. The molecular weight excluding hydrogens is 408 g/mol. The zero-order valence-corrected chi connectivity index (χ0v) is 15.2. The summed E-state index contributed by atoms with van der Waals surface area (Å²) in [5, 5.41) is 2.00. The summed E-state index contributed by atoms with van der Waals surface area (Å²) >= 11 is 3.21. The maximum absolute atomic E-state index is 12.4. The first-order valence-electron chi connectivity index (χ1n) is 7.49. The van der Waals surface area contributed by atoms with E-state index in [1.807, 2.05) is 0 Å². The molecule has 5 nitrogen and oxygen atoms in total. The van der Waals surface area contributed by atoms with E-state index in [4.69, 9.17) is 0 Å². The van der Waals surface area contributed by atoms with Crippen molar-refractivity contribution in [3.63, 3.8) is 0 Å². The number of nitrogens with one attached hydrogen (secondary N) is 1. The van der Waals surface area contributed by atoms with Gasteiger partial charge in [-0.15, -0.1) is 0 Å². The van der Waals surface area contributed by atoms with Gasteiger partial charge in [0.25, 0.3) is 0 Å². The second-order valence-corrected chi connectivity index (χ2v) is 8.82. The fourth-order valence-electron chi connectivity index (χ4n) is 2.69. The first kappa shape index (κ1) is 19.1. The molecule has 2 rings (SSSR count). The third-order valence-corrected chi connectivity index (χ3v) is 6.50. The zero-order valence-electron chi connectivity index (χ0n) is 12.8. The van der Waals surface area contributed by atoms with Crippen LogP contribution in [0.4, 0.5) is 8.78 Å². The van der Waals surface area contributed by atoms with E-state index in [-0.39, 0.29) is 12.3 Å². The Morgan fingerprint density at radius 2 is 2.00 bits per heavy atom. The molecule has 0 heterocycles. The van der Waals surface area contributed by atoms with Crippen LogP contribution in [0, 0.1) is 0 Å². The number of rotatable bonds is 7. The Morgan fingerprint density at radius 1 is 1.33 bits per heavy atom. The SMILES string of the molecule is O=C(CS(=O)(=O)C1CCCC1)NCc1cc(Br)ccc1OC(F)F. The summed E-state index contributed by atoms with van der Waals surface area (Å²) in [4.78, 5) is 11.9. The van der Waals surface area contributed by atoms with Gasteiger partial charge in [0.1, 0.15) is 11.5 Å². The Balaban J connectivity index is 1.97. The van der Waals surface area contributed by atoms with Gasteiger partial charge in [-0.25, -0.2) is 8.42 Å². The van der Waals surface area contributed by atoms with Crippen LogP contribution >= 0.6 is 15.9 Å². The van der Waals surface area contributed by atoms with Crippen LogP contribution in [0.15, 0.2) is 22.7 Å². The fraction of sp³-hybridized carbons (Fsp3) is 0.533. The van der Waals surface area contributed by atoms with E-state index in [1.54, 1.807) is 0 Å². The standard InChI is InChI=1S/C15H18BrF2NO4S/c16-11-5-6-13(23-15(17)18)10(7-11)8-19-14(20)9-24(21,22)12-3-1-2-4-12/h5-7,12,15H,1-4,8-9H2,(H,19,20). The molecule has 0 unspecified atom stereocenters. The van der Waals surface area contributed by atoms with Crippen LogP contribution in [0.3, 0.4) is 0 Å². The maximum atomic E-state index is 12.4. The fourth-order valence-corrected chi connectivity index (χ4v) is 4.85. The normalized spacial score (nSPS) is 15.7. The van der Waals surface area contributed by atoms with Crippen molar-refractivity contribution < 1.29 is 26.7 Å². The number of hydrogen-bond donors (Lipinski definition) is 1. The molecule has 24 heavy (non-hydrogen) atoms. The van der Waals surface area contributed by atoms with Crippen molar-refractivity contribution >= 4 is 31.7 Å². The lowest BCUT2D eigenvalue weighted by molar-refractivity contribution is -0.118. The lowest BCUT2D eigenvalue weighted by atomic mass is 10.2. The summed E-state index contributed by atoms with van der Waals surface area (Å²) in [5.41, 5.74) is 0.330. The van der Waals surface area contributed by atoms with Gasteiger partial charge in [-0.05, 0) is 31.0 Å². The lowest BCUT2D eigenvalue weighted by Gasteiger charge is -2.13. The lowest BCUT2D eigenvalue weighted by Crippen LogP contribution is -2.34. The van der Waals surface area contributed by atoms with Crippen molar-refractivity contribution in [1.82, 2.24) is 5.32 Å². The summed E-state index contributed by atoms with van der Waals surface area (Å²) in [7, 11) is -3.47. The van der Waals surface area contributed by atoms with Crippen LogP contribution < -0.4 is 10.1 Å². The molecular formula is C15H18BrF2NO4S. The highest BCUT2D eigenvalue weighted by molar-refractivity contribution is 9.10. The van der Waals surface area contributed by atoms with Gasteiger partial charge >= 0.3 is 6.61 Å². The Kier molecular flexibility index (Phi) is 6.56. The monoisotopic (exact) mass is 425 g/mol. The van der Waals surface area contributed by atoms with Crippen LogP contribution in [-0.2, 0) is 21.2 Å². The van der Waals surface area contributed by atoms with Crippen LogP contribution in [0.1, 0.15) is 31.2 Å². The summed E-state index contributed by atoms with van der Waals surface area (Å²) in [6.07, 6.45) is 2.90. The molecule has 1 saturated carbocycles. The average Bonchev–Trinajstić information content (AvgIpc) is 3.02. The molecule has 1 fully saturated rings. The highest BCUT2D eigenvalue weighted by atomic mass is 79.9. The van der Waals surface area contributed by atoms with Crippen molar-refractivity contribution in [3.05, 3.63) is 28.2 Å². The van der Waals surface area contributed by atoms with Crippen LogP contribution in [0.5, 0.6) is 5.75 Å². The number of hydrogen-bond acceptors (Lipinski definition) is 4. The van der Waals surface area contributed by atoms with Crippen molar-refractivity contribution in [2.24, 2.45) is 0 Å². The Morgan fingerprint density at radius 3 is 2.62 bits per heavy atom. The Hall–Kier alpha value is -1.22. The second kappa shape index (κ2) is 8.24. The number of halogens is 3. The van der Waals surface area contributed by atoms with E-state index in [2.05, 4.69) is 26.0 Å². The van der Waals surface area contributed by atoms with E-state index in [0.29, 0.717) is 22.9 Å². The highest BCUT2D eigenvalue weighted by Gasteiger charge is 2.30. The number of ether oxygens (including phenoxy) is 1. The minimum atomic E-state index is -3.47. The van der Waals surface area contributed by atoms with Gasteiger partial charge in [0.05, 0.1) is 5.25 Å². The summed E-state index contributed by atoms with van der Waals surface area (Å²) < 4.78 is 54.1. The molecule has 0 bridgehead atoms. The van der Waals surface area contributed by atoms with Gasteiger partial charge in [-0.1, -0.05) is 28.8 Å². The van der Waals surface area contributed by atoms with Crippen LogP contribution in [0.2, 0.25) is 0 Å². The topological polar surface area (TPSA) is 72.5 Å². The molecule has 0 radical (unpaired) electrons. The van der Waals surface area contributed by atoms with Crippen molar-refractivity contribution in [3.8, 4) is 5.75 Å². The van der Waals surface area contributed by atoms with Crippen molar-refractivity contribution in [2.75, 3.05) is 5.75 Å². The number of sulfone groups is 1.